The summed E-state index contributed by atoms with van der Waals surface area (Å²) >= 11 is 0. The lowest BCUT2D eigenvalue weighted by Gasteiger charge is -2.37. The Kier molecular flexibility index (Phi) is 2.94. The van der Waals surface area contributed by atoms with Crippen molar-refractivity contribution in [3.8, 4) is 0 Å². The van der Waals surface area contributed by atoms with Gasteiger partial charge in [0.1, 0.15) is 0 Å². The van der Waals surface area contributed by atoms with Crippen LogP contribution in [0.5, 0.6) is 0 Å². The summed E-state index contributed by atoms with van der Waals surface area (Å²) in [4.78, 5) is 2.67. The van der Waals surface area contributed by atoms with Gasteiger partial charge in [0.2, 0.25) is 0 Å². The van der Waals surface area contributed by atoms with E-state index in [1.807, 2.05) is 0 Å². The van der Waals surface area contributed by atoms with Crippen molar-refractivity contribution in [1.82, 2.24) is 10.2 Å². The summed E-state index contributed by atoms with van der Waals surface area (Å²) in [5.74, 6) is 0. The van der Waals surface area contributed by atoms with Crippen LogP contribution >= 0.6 is 0 Å². The lowest BCUT2D eigenvalue weighted by molar-refractivity contribution is 0.137. The first-order chi connectivity index (χ1) is 7.92. The molecule has 3 fully saturated rings. The number of nitrogens with zero attached hydrogens (tertiary/aromatic N) is 1. The van der Waals surface area contributed by atoms with Crippen LogP contribution in [0.2, 0.25) is 0 Å². The van der Waals surface area contributed by atoms with E-state index in [-0.39, 0.29) is 0 Å². The highest BCUT2D eigenvalue weighted by Crippen LogP contribution is 2.23. The van der Waals surface area contributed by atoms with E-state index < -0.39 is 0 Å². The third-order valence-corrected chi connectivity index (χ3v) is 3.93. The zero-order valence-electron chi connectivity index (χ0n) is 9.73. The van der Waals surface area contributed by atoms with Crippen molar-refractivity contribution in [2.45, 2.75) is 37.9 Å². The Labute approximate surface area is 97.6 Å². The molecule has 0 aliphatic carbocycles. The molecule has 0 aromatic heterocycles. The summed E-state index contributed by atoms with van der Waals surface area (Å²) < 4.78 is 0. The summed E-state index contributed by atoms with van der Waals surface area (Å²) in [7, 11) is 0. The van der Waals surface area contributed by atoms with Crippen LogP contribution < -0.4 is 5.32 Å². The first-order valence-corrected chi connectivity index (χ1v) is 6.43. The van der Waals surface area contributed by atoms with Crippen molar-refractivity contribution in [2.24, 2.45) is 0 Å². The number of hydrogen-bond acceptors (Lipinski definition) is 2. The molecule has 1 aromatic carbocycles. The van der Waals surface area contributed by atoms with Gasteiger partial charge in [-0.3, -0.25) is 4.90 Å². The smallest absolute Gasteiger partial charge is 0.0237 e. The molecule has 86 valence electrons. The molecule has 2 heteroatoms. The van der Waals surface area contributed by atoms with Gasteiger partial charge >= 0.3 is 0 Å². The monoisotopic (exact) mass is 216 g/mol. The molecule has 0 amide bonds. The summed E-state index contributed by atoms with van der Waals surface area (Å²) in [6, 6.07) is 12.4. The van der Waals surface area contributed by atoms with E-state index in [2.05, 4.69) is 40.5 Å². The zero-order chi connectivity index (χ0) is 10.8. The standard InChI is InChI=1S/C14H20N2/c1-2-5-12(6-3-1)10-16-11-13-7-4-8-14(16)9-15-13/h1-3,5-6,13-15H,4,7-11H2. The molecular weight excluding hydrogens is 196 g/mol. The fourth-order valence-electron chi connectivity index (χ4n) is 3.02. The summed E-state index contributed by atoms with van der Waals surface area (Å²) in [5.41, 5.74) is 1.45. The van der Waals surface area contributed by atoms with Gasteiger partial charge in [0.15, 0.2) is 0 Å². The molecule has 0 spiro atoms. The number of hydrogen-bond donors (Lipinski definition) is 1. The second-order valence-corrected chi connectivity index (χ2v) is 5.10. The summed E-state index contributed by atoms with van der Waals surface area (Å²) in [6.07, 6.45) is 4.13. The normalized spacial score (nSPS) is 30.2. The van der Waals surface area contributed by atoms with Gasteiger partial charge in [0, 0.05) is 31.7 Å². The molecule has 2 atom stereocenters. The van der Waals surface area contributed by atoms with Gasteiger partial charge in [-0.2, -0.15) is 0 Å². The Bertz CT molecular complexity index is 332. The van der Waals surface area contributed by atoms with E-state index >= 15 is 0 Å². The fourth-order valence-corrected chi connectivity index (χ4v) is 3.02. The van der Waals surface area contributed by atoms with Crippen LogP contribution in [0, 0.1) is 0 Å². The minimum atomic E-state index is 0.738. The van der Waals surface area contributed by atoms with Gasteiger partial charge in [-0.15, -0.1) is 0 Å². The Balaban J connectivity index is 1.71. The molecule has 3 heterocycles. The first kappa shape index (κ1) is 10.3. The van der Waals surface area contributed by atoms with Crippen molar-refractivity contribution >= 4 is 0 Å². The highest BCUT2D eigenvalue weighted by atomic mass is 15.2. The van der Waals surface area contributed by atoms with Crippen molar-refractivity contribution in [2.75, 3.05) is 13.1 Å². The van der Waals surface area contributed by atoms with Crippen molar-refractivity contribution in [3.63, 3.8) is 0 Å². The molecule has 2 bridgehead atoms. The van der Waals surface area contributed by atoms with Gasteiger partial charge in [-0.1, -0.05) is 36.8 Å². The molecule has 1 N–H and O–H groups in total. The highest BCUT2D eigenvalue weighted by molar-refractivity contribution is 5.15. The third kappa shape index (κ3) is 2.13. The van der Waals surface area contributed by atoms with E-state index in [9.17, 15) is 0 Å². The van der Waals surface area contributed by atoms with Gasteiger partial charge in [-0.25, -0.2) is 0 Å². The van der Waals surface area contributed by atoms with Crippen LogP contribution in [0.15, 0.2) is 30.3 Å². The summed E-state index contributed by atoms with van der Waals surface area (Å²) in [6.45, 7) is 3.56. The summed E-state index contributed by atoms with van der Waals surface area (Å²) in [5, 5.41) is 3.66. The van der Waals surface area contributed by atoms with E-state index in [1.54, 1.807) is 0 Å². The molecule has 1 aromatic rings. The maximum absolute atomic E-state index is 3.66. The van der Waals surface area contributed by atoms with E-state index in [0.717, 1.165) is 18.6 Å². The molecule has 2 nitrogen and oxygen atoms in total. The molecule has 3 aliphatic rings. The molecule has 3 aliphatic heterocycles. The van der Waals surface area contributed by atoms with Gasteiger partial charge in [0.25, 0.3) is 0 Å². The van der Waals surface area contributed by atoms with Gasteiger partial charge in [0.05, 0.1) is 0 Å². The van der Waals surface area contributed by atoms with Crippen LogP contribution in [-0.4, -0.2) is 30.1 Å². The van der Waals surface area contributed by atoms with Crippen LogP contribution in [0.1, 0.15) is 24.8 Å². The second kappa shape index (κ2) is 4.56. The maximum atomic E-state index is 3.66. The zero-order valence-corrected chi connectivity index (χ0v) is 9.73. The van der Waals surface area contributed by atoms with Crippen LogP contribution in [0.4, 0.5) is 0 Å². The quantitative estimate of drug-likeness (QED) is 0.813. The maximum Gasteiger partial charge on any atom is 0.0237 e. The molecule has 4 rings (SSSR count). The Morgan fingerprint density at radius 1 is 1.19 bits per heavy atom. The minimum Gasteiger partial charge on any atom is -0.311 e. The Morgan fingerprint density at radius 3 is 2.94 bits per heavy atom. The van der Waals surface area contributed by atoms with Crippen molar-refractivity contribution in [3.05, 3.63) is 35.9 Å². The first-order valence-electron chi connectivity index (χ1n) is 6.43. The number of fused-ring (bicyclic) bond motifs is 4. The lowest BCUT2D eigenvalue weighted by Crippen LogP contribution is -2.53. The number of piperazine rings is 1. The molecule has 3 saturated heterocycles. The minimum absolute atomic E-state index is 0.738. The third-order valence-electron chi connectivity index (χ3n) is 3.93. The number of nitrogens with one attached hydrogen (secondary N) is 1. The van der Waals surface area contributed by atoms with Gasteiger partial charge in [-0.05, 0) is 18.4 Å². The number of rotatable bonds is 2. The van der Waals surface area contributed by atoms with Crippen molar-refractivity contribution in [1.29, 1.82) is 0 Å². The predicted molar refractivity (Wildman–Crippen MR) is 66.3 cm³/mol. The molecule has 0 radical (unpaired) electrons. The van der Waals surface area contributed by atoms with Crippen LogP contribution in [0.25, 0.3) is 0 Å². The van der Waals surface area contributed by atoms with E-state index in [1.165, 1.54) is 37.9 Å². The Morgan fingerprint density at radius 2 is 2.06 bits per heavy atom. The van der Waals surface area contributed by atoms with Gasteiger partial charge < -0.3 is 5.32 Å². The fraction of sp³-hybridized carbons (Fsp3) is 0.571. The van der Waals surface area contributed by atoms with Crippen molar-refractivity contribution < 1.29 is 0 Å². The molecule has 16 heavy (non-hydrogen) atoms. The topological polar surface area (TPSA) is 15.3 Å². The SMILES string of the molecule is c1ccc(CN2CC3CCCC2CN3)cc1. The predicted octanol–water partition coefficient (Wildman–Crippen LogP) is 2.01. The van der Waals surface area contributed by atoms with Crippen LogP contribution in [0.3, 0.4) is 0 Å². The van der Waals surface area contributed by atoms with E-state index in [0.29, 0.717) is 0 Å². The highest BCUT2D eigenvalue weighted by Gasteiger charge is 2.30. The average Bonchev–Trinajstić information content (AvgIpc) is 2.65. The largest absolute Gasteiger partial charge is 0.311 e. The van der Waals surface area contributed by atoms with Crippen LogP contribution in [-0.2, 0) is 6.54 Å². The number of benzene rings is 1. The second-order valence-electron chi connectivity index (χ2n) is 5.10. The Hall–Kier alpha value is -0.860. The molecule has 2 unspecified atom stereocenters. The molecule has 0 saturated carbocycles. The molecular formula is C14H20N2. The average molecular weight is 216 g/mol. The van der Waals surface area contributed by atoms with E-state index in [4.69, 9.17) is 0 Å². The lowest BCUT2D eigenvalue weighted by atomic mass is 10.1.